The highest BCUT2D eigenvalue weighted by molar-refractivity contribution is 5.18. The minimum atomic E-state index is -0.0784. The summed E-state index contributed by atoms with van der Waals surface area (Å²) in [4.78, 5) is 0. The Balaban J connectivity index is 2.56. The molecule has 1 aromatic rings. The molecular weight excluding hydrogens is 225 g/mol. The van der Waals surface area contributed by atoms with E-state index in [0.29, 0.717) is 12.0 Å². The smallest absolute Gasteiger partial charge is 0.126 e. The quantitative estimate of drug-likeness (QED) is 0.731. The molecule has 1 rings (SSSR count). The van der Waals surface area contributed by atoms with E-state index in [1.54, 1.807) is 12.1 Å². The Kier molecular flexibility index (Phi) is 6.96. The van der Waals surface area contributed by atoms with Crippen LogP contribution in [-0.4, -0.2) is 12.6 Å². The third-order valence-corrected chi connectivity index (χ3v) is 3.20. The Morgan fingerprint density at radius 1 is 1.17 bits per heavy atom. The van der Waals surface area contributed by atoms with Crippen LogP contribution in [0, 0.1) is 11.7 Å². The molecule has 0 amide bonds. The van der Waals surface area contributed by atoms with E-state index >= 15 is 0 Å². The molecule has 1 aromatic carbocycles. The number of hydrogen-bond donors (Lipinski definition) is 1. The SMILES string of the molecule is CCCNC(CCC(C)C)Cc1ccccc1F. The van der Waals surface area contributed by atoms with Crippen LogP contribution < -0.4 is 5.32 Å². The summed E-state index contributed by atoms with van der Waals surface area (Å²) in [5.41, 5.74) is 0.829. The number of rotatable bonds is 8. The van der Waals surface area contributed by atoms with Crippen LogP contribution in [0.1, 0.15) is 45.6 Å². The van der Waals surface area contributed by atoms with Crippen molar-refractivity contribution in [3.05, 3.63) is 35.6 Å². The Labute approximate surface area is 111 Å². The third-order valence-electron chi connectivity index (χ3n) is 3.20. The molecule has 0 radical (unpaired) electrons. The van der Waals surface area contributed by atoms with Gasteiger partial charge in [-0.2, -0.15) is 0 Å². The molecule has 0 aliphatic carbocycles. The fraction of sp³-hybridized carbons (Fsp3) is 0.625. The van der Waals surface area contributed by atoms with Gasteiger partial charge in [0.05, 0.1) is 0 Å². The zero-order valence-electron chi connectivity index (χ0n) is 11.9. The lowest BCUT2D eigenvalue weighted by atomic mass is 9.97. The van der Waals surface area contributed by atoms with Crippen molar-refractivity contribution in [3.63, 3.8) is 0 Å². The van der Waals surface area contributed by atoms with Gasteiger partial charge in [-0.05, 0) is 49.8 Å². The first-order valence-electron chi connectivity index (χ1n) is 7.10. The second kappa shape index (κ2) is 8.25. The maximum absolute atomic E-state index is 13.6. The summed E-state index contributed by atoms with van der Waals surface area (Å²) in [5, 5.41) is 3.53. The molecule has 0 spiro atoms. The summed E-state index contributed by atoms with van der Waals surface area (Å²) >= 11 is 0. The number of halogens is 1. The van der Waals surface area contributed by atoms with Crippen molar-refractivity contribution in [3.8, 4) is 0 Å². The second-order valence-corrected chi connectivity index (χ2v) is 5.42. The minimum Gasteiger partial charge on any atom is -0.314 e. The average Bonchev–Trinajstić information content (AvgIpc) is 2.35. The molecule has 0 aliphatic heterocycles. The van der Waals surface area contributed by atoms with Gasteiger partial charge in [0.15, 0.2) is 0 Å². The van der Waals surface area contributed by atoms with Gasteiger partial charge in [0.1, 0.15) is 5.82 Å². The maximum Gasteiger partial charge on any atom is 0.126 e. The summed E-state index contributed by atoms with van der Waals surface area (Å²) < 4.78 is 13.6. The van der Waals surface area contributed by atoms with E-state index in [1.807, 2.05) is 12.1 Å². The number of nitrogens with one attached hydrogen (secondary N) is 1. The fourth-order valence-electron chi connectivity index (χ4n) is 2.09. The maximum atomic E-state index is 13.6. The standard InChI is InChI=1S/C16H26FN/c1-4-11-18-15(10-9-13(2)3)12-14-7-5-6-8-16(14)17/h5-8,13,15,18H,4,9-12H2,1-3H3. The summed E-state index contributed by atoms with van der Waals surface area (Å²) in [5.74, 6) is 0.627. The van der Waals surface area contributed by atoms with Crippen molar-refractivity contribution in [1.82, 2.24) is 5.32 Å². The van der Waals surface area contributed by atoms with E-state index in [1.165, 1.54) is 6.42 Å². The largest absolute Gasteiger partial charge is 0.314 e. The average molecular weight is 251 g/mol. The summed E-state index contributed by atoms with van der Waals surface area (Å²) in [6, 6.07) is 7.50. The van der Waals surface area contributed by atoms with Gasteiger partial charge in [-0.25, -0.2) is 4.39 Å². The van der Waals surface area contributed by atoms with Gasteiger partial charge >= 0.3 is 0 Å². The lowest BCUT2D eigenvalue weighted by molar-refractivity contribution is 0.422. The van der Waals surface area contributed by atoms with Crippen molar-refractivity contribution in [2.45, 2.75) is 52.5 Å². The van der Waals surface area contributed by atoms with Crippen LogP contribution >= 0.6 is 0 Å². The van der Waals surface area contributed by atoms with Crippen molar-refractivity contribution < 1.29 is 4.39 Å². The van der Waals surface area contributed by atoms with Crippen LogP contribution in [0.3, 0.4) is 0 Å². The van der Waals surface area contributed by atoms with Crippen LogP contribution in [0.25, 0.3) is 0 Å². The molecule has 0 fully saturated rings. The summed E-state index contributed by atoms with van der Waals surface area (Å²) in [6.07, 6.45) is 4.22. The van der Waals surface area contributed by atoms with Gasteiger partial charge in [0, 0.05) is 6.04 Å². The van der Waals surface area contributed by atoms with E-state index < -0.39 is 0 Å². The van der Waals surface area contributed by atoms with E-state index in [-0.39, 0.29) is 5.82 Å². The molecule has 0 heterocycles. The topological polar surface area (TPSA) is 12.0 Å². The molecule has 1 N–H and O–H groups in total. The molecule has 1 unspecified atom stereocenters. The first kappa shape index (κ1) is 15.2. The van der Waals surface area contributed by atoms with E-state index in [2.05, 4.69) is 26.1 Å². The lowest BCUT2D eigenvalue weighted by Crippen LogP contribution is -2.32. The first-order valence-corrected chi connectivity index (χ1v) is 7.10. The molecule has 18 heavy (non-hydrogen) atoms. The van der Waals surface area contributed by atoms with Crippen molar-refractivity contribution in [1.29, 1.82) is 0 Å². The fourth-order valence-corrected chi connectivity index (χ4v) is 2.09. The Hall–Kier alpha value is -0.890. The molecule has 0 saturated carbocycles. The molecule has 0 aliphatic rings. The van der Waals surface area contributed by atoms with Gasteiger partial charge in [0.2, 0.25) is 0 Å². The van der Waals surface area contributed by atoms with Gasteiger partial charge in [-0.1, -0.05) is 39.0 Å². The first-order chi connectivity index (χ1) is 8.63. The normalized spacial score (nSPS) is 12.9. The highest BCUT2D eigenvalue weighted by Crippen LogP contribution is 2.14. The second-order valence-electron chi connectivity index (χ2n) is 5.42. The van der Waals surface area contributed by atoms with E-state index in [0.717, 1.165) is 31.4 Å². The molecule has 1 atom stereocenters. The van der Waals surface area contributed by atoms with E-state index in [4.69, 9.17) is 0 Å². The summed E-state index contributed by atoms with van der Waals surface area (Å²) in [6.45, 7) is 7.65. The molecule has 0 aromatic heterocycles. The molecule has 102 valence electrons. The molecule has 2 heteroatoms. The Morgan fingerprint density at radius 3 is 2.50 bits per heavy atom. The van der Waals surface area contributed by atoms with Gasteiger partial charge < -0.3 is 5.32 Å². The molecular formula is C16H26FN. The molecule has 0 bridgehead atoms. The number of benzene rings is 1. The van der Waals surface area contributed by atoms with E-state index in [9.17, 15) is 4.39 Å². The van der Waals surface area contributed by atoms with Crippen LogP contribution in [0.2, 0.25) is 0 Å². The van der Waals surface area contributed by atoms with Crippen molar-refractivity contribution in [2.75, 3.05) is 6.54 Å². The Morgan fingerprint density at radius 2 is 1.89 bits per heavy atom. The van der Waals surface area contributed by atoms with Gasteiger partial charge in [-0.15, -0.1) is 0 Å². The Bertz CT molecular complexity index is 336. The molecule has 0 saturated heterocycles. The van der Waals surface area contributed by atoms with Crippen molar-refractivity contribution in [2.24, 2.45) is 5.92 Å². The van der Waals surface area contributed by atoms with Gasteiger partial charge in [0.25, 0.3) is 0 Å². The zero-order chi connectivity index (χ0) is 13.4. The predicted octanol–water partition coefficient (Wildman–Crippen LogP) is 4.17. The zero-order valence-corrected chi connectivity index (χ0v) is 11.9. The highest BCUT2D eigenvalue weighted by atomic mass is 19.1. The van der Waals surface area contributed by atoms with Crippen LogP contribution in [0.4, 0.5) is 4.39 Å². The number of hydrogen-bond acceptors (Lipinski definition) is 1. The van der Waals surface area contributed by atoms with Gasteiger partial charge in [-0.3, -0.25) is 0 Å². The lowest BCUT2D eigenvalue weighted by Gasteiger charge is -2.20. The summed E-state index contributed by atoms with van der Waals surface area (Å²) in [7, 11) is 0. The van der Waals surface area contributed by atoms with Crippen LogP contribution in [-0.2, 0) is 6.42 Å². The third kappa shape index (κ3) is 5.63. The highest BCUT2D eigenvalue weighted by Gasteiger charge is 2.12. The minimum absolute atomic E-state index is 0.0784. The monoisotopic (exact) mass is 251 g/mol. The predicted molar refractivity (Wildman–Crippen MR) is 76.3 cm³/mol. The van der Waals surface area contributed by atoms with Crippen LogP contribution in [0.15, 0.2) is 24.3 Å². The van der Waals surface area contributed by atoms with Crippen LogP contribution in [0.5, 0.6) is 0 Å². The van der Waals surface area contributed by atoms with Crippen molar-refractivity contribution >= 4 is 0 Å². The molecule has 1 nitrogen and oxygen atoms in total.